The summed E-state index contributed by atoms with van der Waals surface area (Å²) in [5.41, 5.74) is 10.8. The highest BCUT2D eigenvalue weighted by Crippen LogP contribution is 2.13. The van der Waals surface area contributed by atoms with Gasteiger partial charge < -0.3 is 0 Å². The van der Waals surface area contributed by atoms with E-state index < -0.39 is 15.1 Å². The minimum Gasteiger partial charge on any atom is -0.299 e. The molecule has 0 aromatic rings. The highest BCUT2D eigenvalue weighted by molar-refractivity contribution is 7.88. The second kappa shape index (κ2) is 4.90. The Bertz CT molecular complexity index is 236. The van der Waals surface area contributed by atoms with Gasteiger partial charge in [-0.2, -0.15) is 8.42 Å². The first-order chi connectivity index (χ1) is 5.87. The molecule has 0 rings (SSSR count). The molecular weight excluding hydrogens is 192 g/mol. The summed E-state index contributed by atoms with van der Waals surface area (Å²) in [7, 11) is -3.83. The SMILES string of the molecule is CCCOS(=O)(=O)C(N)(N)CCC. The Kier molecular flexibility index (Phi) is 4.83. The lowest BCUT2D eigenvalue weighted by Crippen LogP contribution is -2.56. The van der Waals surface area contributed by atoms with Gasteiger partial charge in [-0.15, -0.1) is 0 Å². The van der Waals surface area contributed by atoms with Crippen LogP contribution in [0.15, 0.2) is 0 Å². The Morgan fingerprint density at radius 3 is 2.15 bits per heavy atom. The van der Waals surface area contributed by atoms with Crippen molar-refractivity contribution >= 4 is 10.1 Å². The minimum atomic E-state index is -3.83. The van der Waals surface area contributed by atoms with Crippen molar-refractivity contribution in [3.05, 3.63) is 0 Å². The van der Waals surface area contributed by atoms with Gasteiger partial charge in [-0.05, 0) is 12.8 Å². The van der Waals surface area contributed by atoms with E-state index in [0.29, 0.717) is 12.8 Å². The van der Waals surface area contributed by atoms with E-state index in [0.717, 1.165) is 0 Å². The van der Waals surface area contributed by atoms with Crippen molar-refractivity contribution < 1.29 is 12.6 Å². The second-order valence-electron chi connectivity index (χ2n) is 2.98. The van der Waals surface area contributed by atoms with E-state index in [4.69, 9.17) is 11.5 Å². The summed E-state index contributed by atoms with van der Waals surface area (Å²) in [6.45, 7) is 3.75. The molecule has 0 atom stereocenters. The van der Waals surface area contributed by atoms with Crippen LogP contribution >= 0.6 is 0 Å². The van der Waals surface area contributed by atoms with Crippen LogP contribution in [-0.4, -0.2) is 20.0 Å². The quantitative estimate of drug-likeness (QED) is 0.479. The van der Waals surface area contributed by atoms with Crippen molar-refractivity contribution in [2.45, 2.75) is 38.1 Å². The van der Waals surface area contributed by atoms with Crippen LogP contribution < -0.4 is 11.5 Å². The van der Waals surface area contributed by atoms with Crippen LogP contribution in [0, 0.1) is 0 Å². The van der Waals surface area contributed by atoms with Gasteiger partial charge in [0.15, 0.2) is 4.99 Å². The van der Waals surface area contributed by atoms with Crippen LogP contribution in [0.2, 0.25) is 0 Å². The van der Waals surface area contributed by atoms with E-state index in [2.05, 4.69) is 4.18 Å². The molecule has 80 valence electrons. The average Bonchev–Trinajstić information content (AvgIpc) is 2.00. The molecule has 0 bridgehead atoms. The van der Waals surface area contributed by atoms with Gasteiger partial charge in [0.2, 0.25) is 0 Å². The van der Waals surface area contributed by atoms with E-state index in [1.54, 1.807) is 0 Å². The van der Waals surface area contributed by atoms with E-state index in [1.807, 2.05) is 13.8 Å². The summed E-state index contributed by atoms with van der Waals surface area (Å²) in [5.74, 6) is 0. The number of nitrogens with two attached hydrogens (primary N) is 2. The van der Waals surface area contributed by atoms with Crippen LogP contribution in [-0.2, 0) is 14.3 Å². The number of rotatable bonds is 6. The standard InChI is InChI=1S/C7H18N2O3S/c1-3-5-7(8,9)13(10,11)12-6-4-2/h3-6,8-9H2,1-2H3. The Labute approximate surface area is 79.6 Å². The highest BCUT2D eigenvalue weighted by Gasteiger charge is 2.35. The van der Waals surface area contributed by atoms with Crippen LogP contribution in [0.5, 0.6) is 0 Å². The summed E-state index contributed by atoms with van der Waals surface area (Å²) >= 11 is 0. The predicted octanol–water partition coefficient (Wildman–Crippen LogP) is 0.114. The van der Waals surface area contributed by atoms with E-state index in [9.17, 15) is 8.42 Å². The summed E-state index contributed by atoms with van der Waals surface area (Å²) in [5, 5.41) is 0. The smallest absolute Gasteiger partial charge is 0.299 e. The Hall–Kier alpha value is -0.170. The van der Waals surface area contributed by atoms with Crippen molar-refractivity contribution in [1.29, 1.82) is 0 Å². The summed E-state index contributed by atoms with van der Waals surface area (Å²) in [6, 6.07) is 0. The third kappa shape index (κ3) is 3.60. The predicted molar refractivity (Wildman–Crippen MR) is 51.2 cm³/mol. The van der Waals surface area contributed by atoms with Crippen LogP contribution in [0.1, 0.15) is 33.1 Å². The zero-order valence-electron chi connectivity index (χ0n) is 8.12. The lowest BCUT2D eigenvalue weighted by atomic mass is 10.3. The number of hydrogen-bond acceptors (Lipinski definition) is 5. The Morgan fingerprint density at radius 2 is 1.77 bits per heavy atom. The topological polar surface area (TPSA) is 95.4 Å². The van der Waals surface area contributed by atoms with Gasteiger partial charge in [-0.25, -0.2) is 0 Å². The third-order valence-corrected chi connectivity index (χ3v) is 3.16. The first kappa shape index (κ1) is 12.8. The van der Waals surface area contributed by atoms with Crippen LogP contribution in [0.4, 0.5) is 0 Å². The van der Waals surface area contributed by atoms with E-state index in [1.165, 1.54) is 0 Å². The summed E-state index contributed by atoms with van der Waals surface area (Å²) in [4.78, 5) is -1.75. The normalized spacial score (nSPS) is 13.2. The van der Waals surface area contributed by atoms with Gasteiger partial charge in [0.25, 0.3) is 10.1 Å². The maximum Gasteiger partial charge on any atom is 0.300 e. The van der Waals surface area contributed by atoms with Gasteiger partial charge in [0.05, 0.1) is 6.61 Å². The molecule has 0 spiro atoms. The molecule has 0 aliphatic rings. The molecular formula is C7H18N2O3S. The molecule has 0 amide bonds. The van der Waals surface area contributed by atoms with Crippen molar-refractivity contribution in [3.63, 3.8) is 0 Å². The molecule has 0 aliphatic carbocycles. The van der Waals surface area contributed by atoms with Crippen LogP contribution in [0.3, 0.4) is 0 Å². The molecule has 5 nitrogen and oxygen atoms in total. The molecule has 0 aromatic heterocycles. The molecule has 0 saturated heterocycles. The summed E-state index contributed by atoms with van der Waals surface area (Å²) < 4.78 is 27.3. The van der Waals surface area contributed by atoms with Gasteiger partial charge in [0.1, 0.15) is 0 Å². The van der Waals surface area contributed by atoms with Crippen molar-refractivity contribution in [1.82, 2.24) is 0 Å². The van der Waals surface area contributed by atoms with Gasteiger partial charge in [0, 0.05) is 0 Å². The molecule has 0 fully saturated rings. The third-order valence-electron chi connectivity index (χ3n) is 1.55. The van der Waals surface area contributed by atoms with Gasteiger partial charge in [-0.1, -0.05) is 20.3 Å². The molecule has 6 heteroatoms. The van der Waals surface area contributed by atoms with Crippen molar-refractivity contribution in [3.8, 4) is 0 Å². The molecule has 13 heavy (non-hydrogen) atoms. The fraction of sp³-hybridized carbons (Fsp3) is 1.00. The first-order valence-corrected chi connectivity index (χ1v) is 5.75. The monoisotopic (exact) mass is 210 g/mol. The highest BCUT2D eigenvalue weighted by atomic mass is 32.2. The first-order valence-electron chi connectivity index (χ1n) is 4.34. The summed E-state index contributed by atoms with van der Waals surface area (Å²) in [6.07, 6.45) is 1.40. The molecule has 0 radical (unpaired) electrons. The lowest BCUT2D eigenvalue weighted by molar-refractivity contribution is 0.293. The minimum absolute atomic E-state index is 0.127. The molecule has 0 aromatic carbocycles. The zero-order valence-corrected chi connectivity index (χ0v) is 8.93. The number of hydrogen-bond donors (Lipinski definition) is 2. The van der Waals surface area contributed by atoms with Crippen molar-refractivity contribution in [2.24, 2.45) is 11.5 Å². The maximum absolute atomic E-state index is 11.3. The molecule has 0 saturated carbocycles. The van der Waals surface area contributed by atoms with E-state index in [-0.39, 0.29) is 13.0 Å². The fourth-order valence-electron chi connectivity index (χ4n) is 0.818. The molecule has 0 unspecified atom stereocenters. The Morgan fingerprint density at radius 1 is 1.23 bits per heavy atom. The second-order valence-corrected chi connectivity index (χ2v) is 4.89. The maximum atomic E-state index is 11.3. The van der Waals surface area contributed by atoms with Gasteiger partial charge >= 0.3 is 0 Å². The van der Waals surface area contributed by atoms with Crippen LogP contribution in [0.25, 0.3) is 0 Å². The lowest BCUT2D eigenvalue weighted by Gasteiger charge is -2.22. The van der Waals surface area contributed by atoms with Crippen molar-refractivity contribution in [2.75, 3.05) is 6.61 Å². The van der Waals surface area contributed by atoms with Gasteiger partial charge in [-0.3, -0.25) is 15.7 Å². The molecule has 0 heterocycles. The Balaban J connectivity index is 4.42. The average molecular weight is 210 g/mol. The largest absolute Gasteiger partial charge is 0.300 e. The molecule has 4 N–H and O–H groups in total. The zero-order chi connectivity index (χ0) is 10.5. The molecule has 0 aliphatic heterocycles. The fourth-order valence-corrected chi connectivity index (χ4v) is 1.88. The van der Waals surface area contributed by atoms with E-state index >= 15 is 0 Å².